The number of hydrogen-bond donors (Lipinski definition) is 3. The van der Waals surface area contributed by atoms with Crippen molar-refractivity contribution in [1.29, 1.82) is 0 Å². The van der Waals surface area contributed by atoms with E-state index in [0.29, 0.717) is 12.5 Å². The van der Waals surface area contributed by atoms with Crippen molar-refractivity contribution in [2.45, 2.75) is 12.5 Å². The van der Waals surface area contributed by atoms with Crippen molar-refractivity contribution >= 4 is 32.7 Å². The summed E-state index contributed by atoms with van der Waals surface area (Å²) in [6.45, 7) is 0.394. The van der Waals surface area contributed by atoms with Gasteiger partial charge in [0, 0.05) is 19.0 Å². The number of carbonyl (C=O) groups is 1. The number of nitrogens with one attached hydrogen (secondary N) is 3. The van der Waals surface area contributed by atoms with E-state index in [4.69, 9.17) is 0 Å². The number of hydrogen-bond acceptors (Lipinski definition) is 5. The average Bonchev–Trinajstić information content (AvgIpc) is 2.79. The zero-order valence-corrected chi connectivity index (χ0v) is 12.1. The number of fused-ring (bicyclic) bond motifs is 1. The van der Waals surface area contributed by atoms with Gasteiger partial charge < -0.3 is 10.3 Å². The number of H-pyrrole nitrogens is 1. The third-order valence-corrected chi connectivity index (χ3v) is 5.12. The molecule has 112 valence electrons. The summed E-state index contributed by atoms with van der Waals surface area (Å²) < 4.78 is 23.1. The van der Waals surface area contributed by atoms with Crippen LogP contribution in [0.1, 0.15) is 6.42 Å². The number of imidazole rings is 1. The number of aromatic amines is 1. The molecule has 1 saturated heterocycles. The quantitative estimate of drug-likeness (QED) is 0.755. The SMILES string of the molecule is O=C(CC1CS(=O)(=O)CCN1)Nc1nc2ccccc2[nH]1. The smallest absolute Gasteiger partial charge is 0.228 e. The van der Waals surface area contributed by atoms with Crippen LogP contribution in [0.4, 0.5) is 5.95 Å². The number of anilines is 1. The highest BCUT2D eigenvalue weighted by atomic mass is 32.2. The molecule has 1 fully saturated rings. The Morgan fingerprint density at radius 2 is 2.19 bits per heavy atom. The molecule has 7 nitrogen and oxygen atoms in total. The molecule has 0 spiro atoms. The largest absolute Gasteiger partial charge is 0.324 e. The van der Waals surface area contributed by atoms with Gasteiger partial charge in [0.2, 0.25) is 11.9 Å². The fourth-order valence-electron chi connectivity index (χ4n) is 2.42. The minimum absolute atomic E-state index is 0.000546. The van der Waals surface area contributed by atoms with Crippen LogP contribution in [0.5, 0.6) is 0 Å². The summed E-state index contributed by atoms with van der Waals surface area (Å²) in [4.78, 5) is 19.2. The van der Waals surface area contributed by atoms with E-state index in [2.05, 4.69) is 20.6 Å². The second-order valence-corrected chi connectivity index (χ2v) is 7.35. The zero-order valence-electron chi connectivity index (χ0n) is 11.3. The summed E-state index contributed by atoms with van der Waals surface area (Å²) in [5.41, 5.74) is 1.61. The first kappa shape index (κ1) is 14.0. The van der Waals surface area contributed by atoms with Crippen LogP contribution in [0.15, 0.2) is 24.3 Å². The van der Waals surface area contributed by atoms with E-state index in [0.717, 1.165) is 11.0 Å². The van der Waals surface area contributed by atoms with Crippen LogP contribution < -0.4 is 10.6 Å². The van der Waals surface area contributed by atoms with Gasteiger partial charge in [0.25, 0.3) is 0 Å². The summed E-state index contributed by atoms with van der Waals surface area (Å²) in [6.07, 6.45) is 0.107. The van der Waals surface area contributed by atoms with Gasteiger partial charge in [-0.05, 0) is 12.1 Å². The Morgan fingerprint density at radius 1 is 1.38 bits per heavy atom. The summed E-state index contributed by atoms with van der Waals surface area (Å²) in [6, 6.07) is 7.12. The molecule has 21 heavy (non-hydrogen) atoms. The number of carbonyl (C=O) groups excluding carboxylic acids is 1. The number of amides is 1. The maximum atomic E-state index is 12.0. The second kappa shape index (κ2) is 5.45. The van der Waals surface area contributed by atoms with E-state index in [1.807, 2.05) is 24.3 Å². The molecule has 0 saturated carbocycles. The van der Waals surface area contributed by atoms with Gasteiger partial charge in [-0.2, -0.15) is 0 Å². The average molecular weight is 308 g/mol. The van der Waals surface area contributed by atoms with Crippen LogP contribution in [0.2, 0.25) is 0 Å². The molecule has 1 aliphatic heterocycles. The first-order valence-electron chi connectivity index (χ1n) is 6.70. The minimum Gasteiger partial charge on any atom is -0.324 e. The van der Waals surface area contributed by atoms with Crippen LogP contribution in [-0.4, -0.2) is 48.4 Å². The van der Waals surface area contributed by atoms with Crippen molar-refractivity contribution in [2.75, 3.05) is 23.4 Å². The second-order valence-electron chi connectivity index (χ2n) is 5.12. The van der Waals surface area contributed by atoms with Crippen molar-refractivity contribution in [2.24, 2.45) is 0 Å². The summed E-state index contributed by atoms with van der Waals surface area (Å²) in [5, 5.41) is 5.71. The van der Waals surface area contributed by atoms with Gasteiger partial charge >= 0.3 is 0 Å². The monoisotopic (exact) mass is 308 g/mol. The molecule has 3 rings (SSSR count). The molecule has 0 radical (unpaired) electrons. The van der Waals surface area contributed by atoms with Crippen molar-refractivity contribution in [3.63, 3.8) is 0 Å². The Bertz CT molecular complexity index is 736. The highest BCUT2D eigenvalue weighted by Gasteiger charge is 2.26. The summed E-state index contributed by atoms with van der Waals surface area (Å²) >= 11 is 0. The number of aromatic nitrogens is 2. The van der Waals surface area contributed by atoms with Crippen LogP contribution in [0.25, 0.3) is 11.0 Å². The molecular weight excluding hydrogens is 292 g/mol. The van der Waals surface area contributed by atoms with Crippen LogP contribution in [-0.2, 0) is 14.6 Å². The molecule has 0 bridgehead atoms. The summed E-state index contributed by atoms with van der Waals surface area (Å²) in [5.74, 6) is 0.249. The molecule has 0 aliphatic carbocycles. The van der Waals surface area contributed by atoms with E-state index in [-0.39, 0.29) is 29.9 Å². The van der Waals surface area contributed by atoms with Gasteiger partial charge in [0.15, 0.2) is 9.84 Å². The van der Waals surface area contributed by atoms with E-state index < -0.39 is 9.84 Å². The van der Waals surface area contributed by atoms with Gasteiger partial charge in [0.05, 0.1) is 22.5 Å². The molecule has 1 aliphatic rings. The Labute approximate surface area is 122 Å². The van der Waals surface area contributed by atoms with Crippen molar-refractivity contribution in [3.05, 3.63) is 24.3 Å². The molecule has 1 unspecified atom stereocenters. The van der Waals surface area contributed by atoms with Crippen LogP contribution in [0, 0.1) is 0 Å². The van der Waals surface area contributed by atoms with Crippen molar-refractivity contribution < 1.29 is 13.2 Å². The molecular formula is C13H16N4O3S. The lowest BCUT2D eigenvalue weighted by molar-refractivity contribution is -0.116. The van der Waals surface area contributed by atoms with Crippen molar-refractivity contribution in [1.82, 2.24) is 15.3 Å². The maximum Gasteiger partial charge on any atom is 0.228 e. The fourth-order valence-corrected chi connectivity index (χ4v) is 3.86. The molecule has 2 heterocycles. The number of nitrogens with zero attached hydrogens (tertiary/aromatic N) is 1. The predicted molar refractivity (Wildman–Crippen MR) is 79.8 cm³/mol. The molecule has 1 aromatic heterocycles. The van der Waals surface area contributed by atoms with Gasteiger partial charge in [-0.1, -0.05) is 12.1 Å². The van der Waals surface area contributed by atoms with Gasteiger partial charge in [-0.25, -0.2) is 13.4 Å². The van der Waals surface area contributed by atoms with E-state index in [1.54, 1.807) is 0 Å². The Morgan fingerprint density at radius 3 is 2.95 bits per heavy atom. The third kappa shape index (κ3) is 3.40. The highest BCUT2D eigenvalue weighted by Crippen LogP contribution is 2.14. The number of benzene rings is 1. The molecule has 3 N–H and O–H groups in total. The highest BCUT2D eigenvalue weighted by molar-refractivity contribution is 7.91. The van der Waals surface area contributed by atoms with E-state index in [9.17, 15) is 13.2 Å². The van der Waals surface area contributed by atoms with Gasteiger partial charge in [-0.15, -0.1) is 0 Å². The fraction of sp³-hybridized carbons (Fsp3) is 0.385. The normalized spacial score (nSPS) is 21.2. The number of rotatable bonds is 3. The van der Waals surface area contributed by atoms with Crippen molar-refractivity contribution in [3.8, 4) is 0 Å². The Balaban J connectivity index is 1.63. The molecule has 8 heteroatoms. The number of sulfone groups is 1. The van der Waals surface area contributed by atoms with Crippen LogP contribution >= 0.6 is 0 Å². The lowest BCUT2D eigenvalue weighted by Gasteiger charge is -2.22. The Hall–Kier alpha value is -1.93. The zero-order chi connectivity index (χ0) is 14.9. The van der Waals surface area contributed by atoms with Gasteiger partial charge in [0.1, 0.15) is 0 Å². The first-order chi connectivity index (χ1) is 10.0. The van der Waals surface area contributed by atoms with E-state index in [1.165, 1.54) is 0 Å². The predicted octanol–water partition coefficient (Wildman–Crippen LogP) is 0.278. The maximum absolute atomic E-state index is 12.0. The van der Waals surface area contributed by atoms with Crippen LogP contribution in [0.3, 0.4) is 0 Å². The number of para-hydroxylation sites is 2. The summed E-state index contributed by atoms with van der Waals surface area (Å²) in [7, 11) is -3.04. The lowest BCUT2D eigenvalue weighted by Crippen LogP contribution is -2.46. The van der Waals surface area contributed by atoms with E-state index >= 15 is 0 Å². The first-order valence-corrected chi connectivity index (χ1v) is 8.52. The minimum atomic E-state index is -3.04. The van der Waals surface area contributed by atoms with Gasteiger partial charge in [-0.3, -0.25) is 10.1 Å². The lowest BCUT2D eigenvalue weighted by atomic mass is 10.2. The Kier molecular flexibility index (Phi) is 3.64. The topological polar surface area (TPSA) is 104 Å². The third-order valence-electron chi connectivity index (χ3n) is 3.38. The molecule has 2 aromatic rings. The molecule has 1 amide bonds. The molecule has 1 atom stereocenters. The standard InChI is InChI=1S/C13H16N4O3S/c18-12(7-9-8-21(19,20)6-5-14-9)17-13-15-10-3-1-2-4-11(10)16-13/h1-4,9,14H,5-8H2,(H2,15,16,17,18). The molecule has 1 aromatic carbocycles.